The summed E-state index contributed by atoms with van der Waals surface area (Å²) in [4.78, 5) is 20.3. The summed E-state index contributed by atoms with van der Waals surface area (Å²) in [6, 6.07) is 6.98. The van der Waals surface area contributed by atoms with Gasteiger partial charge in [0.1, 0.15) is 11.4 Å². The highest BCUT2D eigenvalue weighted by molar-refractivity contribution is 5.90. The first-order chi connectivity index (χ1) is 10.8. The summed E-state index contributed by atoms with van der Waals surface area (Å²) in [6.45, 7) is 0. The van der Waals surface area contributed by atoms with Crippen molar-refractivity contribution >= 4 is 5.97 Å². The summed E-state index contributed by atoms with van der Waals surface area (Å²) in [5, 5.41) is 0. The molecule has 0 N–H and O–H groups in total. The van der Waals surface area contributed by atoms with Crippen molar-refractivity contribution in [2.75, 3.05) is 0 Å². The smallest absolute Gasteiger partial charge is 0.338 e. The highest BCUT2D eigenvalue weighted by Crippen LogP contribution is 2.56. The zero-order valence-corrected chi connectivity index (χ0v) is 12.1. The van der Waals surface area contributed by atoms with Crippen LogP contribution in [0, 0.1) is 5.92 Å². The Morgan fingerprint density at radius 3 is 2.77 bits per heavy atom. The number of rotatable bonds is 5. The first-order valence-electron chi connectivity index (χ1n) is 7.52. The number of carbonyl (C=O) groups is 1. The maximum Gasteiger partial charge on any atom is 0.338 e. The fourth-order valence-corrected chi connectivity index (χ4v) is 2.72. The van der Waals surface area contributed by atoms with E-state index in [2.05, 4.69) is 9.97 Å². The SMILES string of the molecule is O=C(OC1(C2CC2)CC1)c1cccc(Oc2cnccn2)c1. The molecule has 0 spiro atoms. The van der Waals surface area contributed by atoms with Gasteiger partial charge in [-0.2, -0.15) is 0 Å². The maximum atomic E-state index is 12.3. The third-order valence-corrected chi connectivity index (χ3v) is 4.19. The zero-order chi connectivity index (χ0) is 15.0. The van der Waals surface area contributed by atoms with Gasteiger partial charge < -0.3 is 9.47 Å². The Balaban J connectivity index is 1.48. The van der Waals surface area contributed by atoms with Crippen molar-refractivity contribution in [1.82, 2.24) is 9.97 Å². The second kappa shape index (κ2) is 5.09. The number of nitrogens with zero attached hydrogens (tertiary/aromatic N) is 2. The van der Waals surface area contributed by atoms with Crippen molar-refractivity contribution in [2.24, 2.45) is 5.92 Å². The topological polar surface area (TPSA) is 61.3 Å². The first kappa shape index (κ1) is 13.2. The number of carbonyl (C=O) groups excluding carboxylic acids is 1. The normalized spacial score (nSPS) is 18.5. The van der Waals surface area contributed by atoms with E-state index in [9.17, 15) is 4.79 Å². The summed E-state index contributed by atoms with van der Waals surface area (Å²) >= 11 is 0. The van der Waals surface area contributed by atoms with E-state index in [1.807, 2.05) is 0 Å². The lowest BCUT2D eigenvalue weighted by Crippen LogP contribution is -2.21. The van der Waals surface area contributed by atoms with E-state index in [0.717, 1.165) is 12.8 Å². The van der Waals surface area contributed by atoms with Gasteiger partial charge in [0, 0.05) is 12.4 Å². The average Bonchev–Trinajstić information content (AvgIpc) is 3.42. The predicted octanol–water partition coefficient (Wildman–Crippen LogP) is 3.37. The second-order valence-corrected chi connectivity index (χ2v) is 5.90. The molecule has 112 valence electrons. The number of esters is 1. The van der Waals surface area contributed by atoms with Gasteiger partial charge >= 0.3 is 5.97 Å². The van der Waals surface area contributed by atoms with Crippen LogP contribution in [-0.2, 0) is 4.74 Å². The lowest BCUT2D eigenvalue weighted by molar-refractivity contribution is 0.0160. The number of ether oxygens (including phenoxy) is 2. The minimum atomic E-state index is -0.269. The number of hydrogen-bond acceptors (Lipinski definition) is 5. The molecule has 0 aliphatic heterocycles. The van der Waals surface area contributed by atoms with Gasteiger partial charge in [-0.05, 0) is 49.8 Å². The molecule has 1 heterocycles. The highest BCUT2D eigenvalue weighted by Gasteiger charge is 2.57. The molecule has 4 rings (SSSR count). The van der Waals surface area contributed by atoms with Crippen molar-refractivity contribution in [3.05, 3.63) is 48.4 Å². The minimum Gasteiger partial charge on any atom is -0.455 e. The lowest BCUT2D eigenvalue weighted by atomic mass is 10.2. The molecular formula is C17H16N2O3. The molecule has 0 bridgehead atoms. The van der Waals surface area contributed by atoms with Crippen LogP contribution in [0.15, 0.2) is 42.9 Å². The molecule has 22 heavy (non-hydrogen) atoms. The van der Waals surface area contributed by atoms with E-state index >= 15 is 0 Å². The molecule has 0 amide bonds. The summed E-state index contributed by atoms with van der Waals surface area (Å²) < 4.78 is 11.3. The van der Waals surface area contributed by atoms with Crippen LogP contribution in [0.5, 0.6) is 11.6 Å². The van der Waals surface area contributed by atoms with Gasteiger partial charge in [-0.3, -0.25) is 4.98 Å². The third kappa shape index (κ3) is 2.66. The van der Waals surface area contributed by atoms with Gasteiger partial charge in [0.15, 0.2) is 0 Å². The van der Waals surface area contributed by atoms with Crippen molar-refractivity contribution in [3.8, 4) is 11.6 Å². The predicted molar refractivity (Wildman–Crippen MR) is 78.7 cm³/mol. The molecule has 0 saturated heterocycles. The molecule has 2 fully saturated rings. The molecule has 2 aliphatic carbocycles. The van der Waals surface area contributed by atoms with Crippen LogP contribution in [0.4, 0.5) is 0 Å². The van der Waals surface area contributed by atoms with Crippen LogP contribution < -0.4 is 4.74 Å². The molecule has 2 aromatic rings. The van der Waals surface area contributed by atoms with E-state index in [1.165, 1.54) is 19.0 Å². The van der Waals surface area contributed by atoms with Crippen molar-refractivity contribution in [2.45, 2.75) is 31.3 Å². The van der Waals surface area contributed by atoms with E-state index in [1.54, 1.807) is 36.7 Å². The maximum absolute atomic E-state index is 12.3. The van der Waals surface area contributed by atoms with Crippen LogP contribution >= 0.6 is 0 Å². The Morgan fingerprint density at radius 2 is 2.09 bits per heavy atom. The average molecular weight is 296 g/mol. The van der Waals surface area contributed by atoms with Crippen LogP contribution in [0.25, 0.3) is 0 Å². The van der Waals surface area contributed by atoms with Gasteiger partial charge in [-0.25, -0.2) is 9.78 Å². The van der Waals surface area contributed by atoms with Gasteiger partial charge in [0.2, 0.25) is 5.88 Å². The Hall–Kier alpha value is -2.43. The van der Waals surface area contributed by atoms with Crippen molar-refractivity contribution < 1.29 is 14.3 Å². The molecule has 5 heteroatoms. The fourth-order valence-electron chi connectivity index (χ4n) is 2.72. The van der Waals surface area contributed by atoms with Crippen molar-refractivity contribution in [3.63, 3.8) is 0 Å². The molecule has 1 aromatic carbocycles. The highest BCUT2D eigenvalue weighted by atomic mass is 16.6. The van der Waals surface area contributed by atoms with Gasteiger partial charge in [0.25, 0.3) is 0 Å². The van der Waals surface area contributed by atoms with Gasteiger partial charge in [0.05, 0.1) is 11.8 Å². The van der Waals surface area contributed by atoms with E-state index < -0.39 is 0 Å². The van der Waals surface area contributed by atoms with Crippen molar-refractivity contribution in [1.29, 1.82) is 0 Å². The molecule has 0 atom stereocenters. The summed E-state index contributed by atoms with van der Waals surface area (Å²) in [5.74, 6) is 1.25. The van der Waals surface area contributed by atoms with Crippen LogP contribution in [-0.4, -0.2) is 21.5 Å². The standard InChI is InChI=1S/C17H16N2O3/c20-16(22-17(6-7-17)13-4-5-13)12-2-1-3-14(10-12)21-15-11-18-8-9-19-15/h1-3,8-11,13H,4-7H2. The second-order valence-electron chi connectivity index (χ2n) is 5.90. The summed E-state index contributed by atoms with van der Waals surface area (Å²) in [5.41, 5.74) is 0.340. The zero-order valence-electron chi connectivity index (χ0n) is 12.1. The number of benzene rings is 1. The Bertz CT molecular complexity index is 694. The van der Waals surface area contributed by atoms with Gasteiger partial charge in [-0.15, -0.1) is 0 Å². The first-order valence-corrected chi connectivity index (χ1v) is 7.52. The molecular weight excluding hydrogens is 280 g/mol. The molecule has 0 unspecified atom stereocenters. The Kier molecular flexibility index (Phi) is 3.06. The quantitative estimate of drug-likeness (QED) is 0.792. The Morgan fingerprint density at radius 1 is 1.23 bits per heavy atom. The van der Waals surface area contributed by atoms with E-state index in [0.29, 0.717) is 23.1 Å². The number of hydrogen-bond donors (Lipinski definition) is 0. The minimum absolute atomic E-state index is 0.168. The van der Waals surface area contributed by atoms with Gasteiger partial charge in [-0.1, -0.05) is 6.07 Å². The third-order valence-electron chi connectivity index (χ3n) is 4.19. The van der Waals surface area contributed by atoms with Crippen LogP contribution in [0.3, 0.4) is 0 Å². The summed E-state index contributed by atoms with van der Waals surface area (Å²) in [6.07, 6.45) is 9.02. The largest absolute Gasteiger partial charge is 0.455 e. The van der Waals surface area contributed by atoms with Crippen LogP contribution in [0.1, 0.15) is 36.0 Å². The van der Waals surface area contributed by atoms with Crippen LogP contribution in [0.2, 0.25) is 0 Å². The molecule has 2 aliphatic rings. The van der Waals surface area contributed by atoms with E-state index in [-0.39, 0.29) is 11.6 Å². The monoisotopic (exact) mass is 296 g/mol. The lowest BCUT2D eigenvalue weighted by Gasteiger charge is -2.16. The molecule has 5 nitrogen and oxygen atoms in total. The molecule has 0 radical (unpaired) electrons. The Labute approximate surface area is 128 Å². The molecule has 1 aromatic heterocycles. The fraction of sp³-hybridized carbons (Fsp3) is 0.353. The van der Waals surface area contributed by atoms with E-state index in [4.69, 9.17) is 9.47 Å². The summed E-state index contributed by atoms with van der Waals surface area (Å²) in [7, 11) is 0. The molecule has 2 saturated carbocycles. The number of aromatic nitrogens is 2.